The number of anilines is 1. The van der Waals surface area contributed by atoms with Gasteiger partial charge in [-0.15, -0.1) is 24.0 Å². The molecule has 0 aromatic heterocycles. The second-order valence-electron chi connectivity index (χ2n) is 6.92. The van der Waals surface area contributed by atoms with Crippen LogP contribution >= 0.6 is 35.6 Å². The van der Waals surface area contributed by atoms with Crippen molar-refractivity contribution in [3.05, 3.63) is 64.7 Å². The summed E-state index contributed by atoms with van der Waals surface area (Å²) >= 11 is 5.92. The lowest BCUT2D eigenvalue weighted by atomic mass is 10.1. The largest absolute Gasteiger partial charge is 0.368 e. The predicted molar refractivity (Wildman–Crippen MR) is 133 cm³/mol. The first-order valence-corrected chi connectivity index (χ1v) is 10.2. The van der Waals surface area contributed by atoms with Crippen molar-refractivity contribution in [2.75, 3.05) is 25.5 Å². The van der Waals surface area contributed by atoms with E-state index in [2.05, 4.69) is 20.9 Å². The van der Waals surface area contributed by atoms with Gasteiger partial charge in [0.15, 0.2) is 5.96 Å². The molecule has 1 aliphatic rings. The smallest absolute Gasteiger partial charge is 0.253 e. The highest BCUT2D eigenvalue weighted by Gasteiger charge is 2.23. The molecule has 0 bridgehead atoms. The number of nitrogens with one attached hydrogen (secondary N) is 3. The number of hydrogen-bond acceptors (Lipinski definition) is 3. The molecule has 0 spiro atoms. The molecule has 2 aromatic carbocycles. The van der Waals surface area contributed by atoms with Gasteiger partial charge < -0.3 is 20.7 Å². The zero-order valence-corrected chi connectivity index (χ0v) is 20.1. The molecule has 3 rings (SSSR count). The Morgan fingerprint density at radius 2 is 1.97 bits per heavy atom. The Morgan fingerprint density at radius 3 is 2.67 bits per heavy atom. The topological polar surface area (TPSA) is 74.8 Å². The molecule has 1 saturated heterocycles. The number of benzene rings is 2. The first-order valence-electron chi connectivity index (χ1n) is 9.84. The van der Waals surface area contributed by atoms with Crippen LogP contribution in [0, 0.1) is 0 Å². The van der Waals surface area contributed by atoms with Crippen molar-refractivity contribution >= 4 is 53.1 Å². The quantitative estimate of drug-likeness (QED) is 0.281. The standard InChI is InChI=1S/C22H27ClN4O2.HI/c1-24-22(25-12-11-16-7-9-18(23)10-8-16)26-15-17-4-2-5-19(14-17)27-21(28)20-6-3-13-29-20;/h2,4-5,7-10,14,20H,3,6,11-13,15H2,1H3,(H,27,28)(H2,24,25,26);1H. The second-order valence-corrected chi connectivity index (χ2v) is 7.36. The van der Waals surface area contributed by atoms with Gasteiger partial charge in [-0.05, 0) is 54.7 Å². The van der Waals surface area contributed by atoms with Crippen LogP contribution < -0.4 is 16.0 Å². The van der Waals surface area contributed by atoms with E-state index in [1.54, 1.807) is 7.05 Å². The molecule has 2 aromatic rings. The maximum absolute atomic E-state index is 12.2. The number of halogens is 2. The molecular weight excluding hydrogens is 515 g/mol. The van der Waals surface area contributed by atoms with E-state index in [-0.39, 0.29) is 36.0 Å². The van der Waals surface area contributed by atoms with Gasteiger partial charge in [-0.25, -0.2) is 0 Å². The SMILES string of the molecule is CN=C(NCCc1ccc(Cl)cc1)NCc1cccc(NC(=O)C2CCCO2)c1.I. The summed E-state index contributed by atoms with van der Waals surface area (Å²) in [5, 5.41) is 10.3. The molecule has 1 fully saturated rings. The summed E-state index contributed by atoms with van der Waals surface area (Å²) in [5.41, 5.74) is 3.04. The van der Waals surface area contributed by atoms with E-state index in [0.717, 1.165) is 48.0 Å². The molecule has 0 saturated carbocycles. The number of rotatable bonds is 7. The van der Waals surface area contributed by atoms with Crippen molar-refractivity contribution in [2.24, 2.45) is 4.99 Å². The van der Waals surface area contributed by atoms with Crippen LogP contribution in [-0.4, -0.2) is 38.2 Å². The maximum Gasteiger partial charge on any atom is 0.253 e. The molecular formula is C22H28ClIN4O2. The van der Waals surface area contributed by atoms with Crippen LogP contribution in [0.1, 0.15) is 24.0 Å². The average molecular weight is 543 g/mol. The van der Waals surface area contributed by atoms with Crippen LogP contribution in [-0.2, 0) is 22.5 Å². The van der Waals surface area contributed by atoms with Gasteiger partial charge in [0.1, 0.15) is 6.10 Å². The molecule has 162 valence electrons. The van der Waals surface area contributed by atoms with Gasteiger partial charge in [-0.3, -0.25) is 9.79 Å². The van der Waals surface area contributed by atoms with Crippen molar-refractivity contribution < 1.29 is 9.53 Å². The third-order valence-electron chi connectivity index (χ3n) is 4.72. The highest BCUT2D eigenvalue weighted by Crippen LogP contribution is 2.16. The fraction of sp³-hybridized carbons (Fsp3) is 0.364. The summed E-state index contributed by atoms with van der Waals surface area (Å²) in [5.74, 6) is 0.653. The summed E-state index contributed by atoms with van der Waals surface area (Å²) in [4.78, 5) is 16.5. The Bertz CT molecular complexity index is 839. The van der Waals surface area contributed by atoms with Gasteiger partial charge >= 0.3 is 0 Å². The average Bonchev–Trinajstić information content (AvgIpc) is 3.27. The lowest BCUT2D eigenvalue weighted by molar-refractivity contribution is -0.124. The predicted octanol–water partition coefficient (Wildman–Crippen LogP) is 3.98. The molecule has 30 heavy (non-hydrogen) atoms. The third-order valence-corrected chi connectivity index (χ3v) is 4.97. The zero-order valence-electron chi connectivity index (χ0n) is 17.0. The monoisotopic (exact) mass is 542 g/mol. The highest BCUT2D eigenvalue weighted by molar-refractivity contribution is 14.0. The number of amides is 1. The number of ether oxygens (including phenoxy) is 1. The van der Waals surface area contributed by atoms with Crippen molar-refractivity contribution in [2.45, 2.75) is 31.9 Å². The molecule has 0 aliphatic carbocycles. The highest BCUT2D eigenvalue weighted by atomic mass is 127. The number of carbonyl (C=O) groups excluding carboxylic acids is 1. The molecule has 0 radical (unpaired) electrons. The van der Waals surface area contributed by atoms with E-state index in [9.17, 15) is 4.79 Å². The van der Waals surface area contributed by atoms with E-state index in [1.807, 2.05) is 48.5 Å². The van der Waals surface area contributed by atoms with E-state index in [1.165, 1.54) is 5.56 Å². The third kappa shape index (κ3) is 7.77. The first kappa shape index (κ1) is 24.4. The molecule has 1 heterocycles. The van der Waals surface area contributed by atoms with Crippen LogP contribution in [0.4, 0.5) is 5.69 Å². The minimum Gasteiger partial charge on any atom is -0.368 e. The van der Waals surface area contributed by atoms with Gasteiger partial charge in [0.25, 0.3) is 5.91 Å². The molecule has 1 unspecified atom stereocenters. The van der Waals surface area contributed by atoms with Gasteiger partial charge in [0.2, 0.25) is 0 Å². The van der Waals surface area contributed by atoms with Crippen LogP contribution in [0.2, 0.25) is 5.02 Å². The zero-order chi connectivity index (χ0) is 20.5. The fourth-order valence-electron chi connectivity index (χ4n) is 3.15. The number of guanidine groups is 1. The van der Waals surface area contributed by atoms with Crippen LogP contribution in [0.15, 0.2) is 53.5 Å². The molecule has 3 N–H and O–H groups in total. The van der Waals surface area contributed by atoms with Crippen LogP contribution in [0.5, 0.6) is 0 Å². The van der Waals surface area contributed by atoms with Gasteiger partial charge in [0.05, 0.1) is 0 Å². The van der Waals surface area contributed by atoms with E-state index < -0.39 is 0 Å². The van der Waals surface area contributed by atoms with E-state index in [0.29, 0.717) is 13.2 Å². The van der Waals surface area contributed by atoms with Gasteiger partial charge in [-0.1, -0.05) is 35.9 Å². The summed E-state index contributed by atoms with van der Waals surface area (Å²) in [6.07, 6.45) is 2.26. The van der Waals surface area contributed by atoms with Crippen molar-refractivity contribution in [3.63, 3.8) is 0 Å². The number of hydrogen-bond donors (Lipinski definition) is 3. The normalized spacial score (nSPS) is 15.9. The molecule has 6 nitrogen and oxygen atoms in total. The first-order chi connectivity index (χ1) is 14.1. The lowest BCUT2D eigenvalue weighted by Crippen LogP contribution is -2.37. The summed E-state index contributed by atoms with van der Waals surface area (Å²) in [6, 6.07) is 15.6. The fourth-order valence-corrected chi connectivity index (χ4v) is 3.27. The van der Waals surface area contributed by atoms with Gasteiger partial charge in [-0.2, -0.15) is 0 Å². The van der Waals surface area contributed by atoms with Crippen molar-refractivity contribution in [1.82, 2.24) is 10.6 Å². The summed E-state index contributed by atoms with van der Waals surface area (Å²) < 4.78 is 5.43. The van der Waals surface area contributed by atoms with Crippen molar-refractivity contribution in [3.8, 4) is 0 Å². The molecule has 1 atom stereocenters. The van der Waals surface area contributed by atoms with Gasteiger partial charge in [0, 0.05) is 37.5 Å². The summed E-state index contributed by atoms with van der Waals surface area (Å²) in [6.45, 7) is 2.02. The Balaban J connectivity index is 0.00000320. The number of aliphatic imine (C=N–C) groups is 1. The molecule has 1 aliphatic heterocycles. The molecule has 8 heteroatoms. The Morgan fingerprint density at radius 1 is 1.17 bits per heavy atom. The van der Waals surface area contributed by atoms with Crippen LogP contribution in [0.25, 0.3) is 0 Å². The number of nitrogens with zero attached hydrogens (tertiary/aromatic N) is 1. The minimum absolute atomic E-state index is 0. The second kappa shape index (κ2) is 12.8. The number of carbonyl (C=O) groups is 1. The Hall–Kier alpha value is -1.84. The maximum atomic E-state index is 12.2. The van der Waals surface area contributed by atoms with E-state index >= 15 is 0 Å². The summed E-state index contributed by atoms with van der Waals surface area (Å²) in [7, 11) is 1.75. The van der Waals surface area contributed by atoms with Crippen LogP contribution in [0.3, 0.4) is 0 Å². The van der Waals surface area contributed by atoms with Crippen molar-refractivity contribution in [1.29, 1.82) is 0 Å². The van der Waals surface area contributed by atoms with E-state index in [4.69, 9.17) is 16.3 Å². The Labute approximate surface area is 199 Å². The Kier molecular flexibility index (Phi) is 10.4. The minimum atomic E-state index is -0.333. The molecule has 1 amide bonds. The lowest BCUT2D eigenvalue weighted by Gasteiger charge is -2.14.